The summed E-state index contributed by atoms with van der Waals surface area (Å²) >= 11 is 0. The molecule has 1 aromatic rings. The summed E-state index contributed by atoms with van der Waals surface area (Å²) in [6, 6.07) is 7.03. The molecule has 5 heteroatoms. The smallest absolute Gasteiger partial charge is 0.338 e. The Morgan fingerprint density at radius 2 is 1.90 bits per heavy atom. The van der Waals surface area contributed by atoms with Crippen molar-refractivity contribution >= 4 is 12.0 Å². The van der Waals surface area contributed by atoms with E-state index in [0.29, 0.717) is 17.9 Å². The molecule has 1 aromatic carbocycles. The lowest BCUT2D eigenvalue weighted by Crippen LogP contribution is -2.46. The Hall–Kier alpha value is -2.30. The summed E-state index contributed by atoms with van der Waals surface area (Å²) < 4.78 is 5.14. The molecule has 0 saturated heterocycles. The average Bonchev–Trinajstić information content (AvgIpc) is 2.45. The number of urea groups is 1. The van der Waals surface area contributed by atoms with Gasteiger partial charge >= 0.3 is 12.0 Å². The van der Waals surface area contributed by atoms with Crippen molar-refractivity contribution < 1.29 is 14.3 Å². The lowest BCUT2D eigenvalue weighted by molar-refractivity contribution is -0.139. The van der Waals surface area contributed by atoms with E-state index in [0.717, 1.165) is 11.1 Å². The Bertz CT molecular complexity index is 590. The lowest BCUT2D eigenvalue weighted by Gasteiger charge is -2.33. The highest BCUT2D eigenvalue weighted by Gasteiger charge is 2.34. The zero-order valence-electron chi connectivity index (χ0n) is 12.8. The van der Waals surface area contributed by atoms with Gasteiger partial charge in [0, 0.05) is 12.7 Å². The van der Waals surface area contributed by atoms with E-state index >= 15 is 0 Å². The molecule has 1 aliphatic heterocycles. The number of amides is 2. The van der Waals surface area contributed by atoms with Crippen molar-refractivity contribution in [3.05, 3.63) is 46.7 Å². The quantitative estimate of drug-likeness (QED) is 0.869. The Labute approximate surface area is 124 Å². The number of nitrogens with zero attached hydrogens (tertiary/aromatic N) is 1. The topological polar surface area (TPSA) is 58.6 Å². The summed E-state index contributed by atoms with van der Waals surface area (Å²) in [5.74, 6) is -0.396. The maximum atomic E-state index is 12.3. The van der Waals surface area contributed by atoms with Crippen LogP contribution < -0.4 is 5.32 Å². The summed E-state index contributed by atoms with van der Waals surface area (Å²) in [4.78, 5) is 25.7. The van der Waals surface area contributed by atoms with Crippen LogP contribution in [-0.4, -0.2) is 30.6 Å². The number of nitrogens with one attached hydrogen (secondary N) is 1. The molecule has 2 amide bonds. The van der Waals surface area contributed by atoms with Crippen molar-refractivity contribution in [3.8, 4) is 0 Å². The fraction of sp³-hybridized carbons (Fsp3) is 0.375. The first-order valence-electron chi connectivity index (χ1n) is 6.94. The number of esters is 1. The minimum Gasteiger partial charge on any atom is -0.463 e. The fourth-order valence-electron chi connectivity index (χ4n) is 2.32. The highest BCUT2D eigenvalue weighted by atomic mass is 16.5. The zero-order valence-corrected chi connectivity index (χ0v) is 12.8. The van der Waals surface area contributed by atoms with E-state index in [1.165, 1.54) is 4.90 Å². The summed E-state index contributed by atoms with van der Waals surface area (Å²) in [6.45, 7) is 5.81. The van der Waals surface area contributed by atoms with Crippen molar-refractivity contribution in [1.82, 2.24) is 10.2 Å². The van der Waals surface area contributed by atoms with E-state index in [4.69, 9.17) is 4.74 Å². The zero-order chi connectivity index (χ0) is 15.6. The number of carbonyl (C=O) groups excluding carboxylic acids is 2. The first-order chi connectivity index (χ1) is 9.95. The summed E-state index contributed by atoms with van der Waals surface area (Å²) in [7, 11) is 1.63. The predicted molar refractivity (Wildman–Crippen MR) is 79.5 cm³/mol. The number of carbonyl (C=O) groups is 2. The number of ether oxygens (including phenoxy) is 1. The van der Waals surface area contributed by atoms with Gasteiger partial charge in [-0.2, -0.15) is 0 Å². The summed E-state index contributed by atoms with van der Waals surface area (Å²) in [6.07, 6.45) is 0. The van der Waals surface area contributed by atoms with Crippen molar-refractivity contribution in [1.29, 1.82) is 0 Å². The van der Waals surface area contributed by atoms with Gasteiger partial charge in [0.1, 0.15) is 0 Å². The van der Waals surface area contributed by atoms with Crippen molar-refractivity contribution in [3.63, 3.8) is 0 Å². The highest BCUT2D eigenvalue weighted by Crippen LogP contribution is 2.30. The SMILES string of the molecule is CCOC(=O)C1=C(C)N(C)C(=O)NC1c1ccc(C)cc1. The van der Waals surface area contributed by atoms with E-state index < -0.39 is 12.0 Å². The second-order valence-corrected chi connectivity index (χ2v) is 5.07. The number of allylic oxidation sites excluding steroid dienone is 1. The molecule has 1 N–H and O–H groups in total. The van der Waals surface area contributed by atoms with Crippen LogP contribution in [0.15, 0.2) is 35.5 Å². The summed E-state index contributed by atoms with van der Waals surface area (Å²) in [5, 5.41) is 2.85. The van der Waals surface area contributed by atoms with Crippen LogP contribution in [0, 0.1) is 6.92 Å². The van der Waals surface area contributed by atoms with Crippen LogP contribution in [0.2, 0.25) is 0 Å². The predicted octanol–water partition coefficient (Wildman–Crippen LogP) is 2.53. The number of benzene rings is 1. The summed E-state index contributed by atoms with van der Waals surface area (Å²) in [5.41, 5.74) is 3.08. The van der Waals surface area contributed by atoms with Crippen LogP contribution in [0.3, 0.4) is 0 Å². The second-order valence-electron chi connectivity index (χ2n) is 5.07. The molecule has 112 valence electrons. The highest BCUT2D eigenvalue weighted by molar-refractivity contribution is 5.94. The van der Waals surface area contributed by atoms with Crippen LogP contribution in [0.5, 0.6) is 0 Å². The van der Waals surface area contributed by atoms with Gasteiger partial charge < -0.3 is 15.0 Å². The third-order valence-corrected chi connectivity index (χ3v) is 3.66. The molecular weight excluding hydrogens is 268 g/mol. The van der Waals surface area contributed by atoms with E-state index in [1.54, 1.807) is 20.9 Å². The number of hydrogen-bond acceptors (Lipinski definition) is 3. The maximum absolute atomic E-state index is 12.3. The van der Waals surface area contributed by atoms with Gasteiger partial charge in [-0.05, 0) is 26.3 Å². The molecule has 0 aliphatic carbocycles. The van der Waals surface area contributed by atoms with E-state index in [9.17, 15) is 9.59 Å². The largest absolute Gasteiger partial charge is 0.463 e. The number of hydrogen-bond donors (Lipinski definition) is 1. The molecule has 0 bridgehead atoms. The van der Waals surface area contributed by atoms with Crippen LogP contribution in [0.4, 0.5) is 4.79 Å². The van der Waals surface area contributed by atoms with Gasteiger partial charge in [-0.3, -0.25) is 0 Å². The molecular formula is C16H20N2O3. The Morgan fingerprint density at radius 3 is 2.48 bits per heavy atom. The number of rotatable bonds is 3. The van der Waals surface area contributed by atoms with Crippen LogP contribution in [0.1, 0.15) is 31.0 Å². The van der Waals surface area contributed by atoms with E-state index in [1.807, 2.05) is 31.2 Å². The maximum Gasteiger partial charge on any atom is 0.338 e. The molecule has 5 nitrogen and oxygen atoms in total. The van der Waals surface area contributed by atoms with Gasteiger partial charge in [-0.25, -0.2) is 9.59 Å². The first-order valence-corrected chi connectivity index (χ1v) is 6.94. The Kier molecular flexibility index (Phi) is 4.31. The monoisotopic (exact) mass is 288 g/mol. The van der Waals surface area contributed by atoms with Gasteiger partial charge in [0.2, 0.25) is 0 Å². The van der Waals surface area contributed by atoms with Crippen molar-refractivity contribution in [2.24, 2.45) is 0 Å². The molecule has 0 radical (unpaired) electrons. The number of aryl methyl sites for hydroxylation is 1. The van der Waals surface area contributed by atoms with E-state index in [2.05, 4.69) is 5.32 Å². The van der Waals surface area contributed by atoms with Gasteiger partial charge in [0.15, 0.2) is 0 Å². The van der Waals surface area contributed by atoms with Gasteiger partial charge in [-0.15, -0.1) is 0 Å². The molecule has 0 aromatic heterocycles. The normalized spacial score (nSPS) is 18.6. The van der Waals surface area contributed by atoms with Crippen LogP contribution in [0.25, 0.3) is 0 Å². The van der Waals surface area contributed by atoms with Crippen molar-refractivity contribution in [2.75, 3.05) is 13.7 Å². The fourth-order valence-corrected chi connectivity index (χ4v) is 2.32. The standard InChI is InChI=1S/C16H20N2O3/c1-5-21-15(19)13-11(3)18(4)16(20)17-14(13)12-8-6-10(2)7-9-12/h6-9,14H,5H2,1-4H3,(H,17,20). The van der Waals surface area contributed by atoms with Crippen LogP contribution >= 0.6 is 0 Å². The molecule has 2 rings (SSSR count). The molecule has 1 atom stereocenters. The van der Waals surface area contributed by atoms with Gasteiger partial charge in [0.25, 0.3) is 0 Å². The van der Waals surface area contributed by atoms with Crippen LogP contribution in [-0.2, 0) is 9.53 Å². The second kappa shape index (κ2) is 5.99. The van der Waals surface area contributed by atoms with Gasteiger partial charge in [0.05, 0.1) is 18.2 Å². The van der Waals surface area contributed by atoms with E-state index in [-0.39, 0.29) is 6.03 Å². The van der Waals surface area contributed by atoms with Gasteiger partial charge in [-0.1, -0.05) is 29.8 Å². The Morgan fingerprint density at radius 1 is 1.29 bits per heavy atom. The minimum atomic E-state index is -0.478. The third kappa shape index (κ3) is 2.91. The minimum absolute atomic E-state index is 0.230. The average molecular weight is 288 g/mol. The molecule has 0 saturated carbocycles. The lowest BCUT2D eigenvalue weighted by atomic mass is 9.94. The molecule has 0 fully saturated rings. The molecule has 21 heavy (non-hydrogen) atoms. The molecule has 1 heterocycles. The first kappa shape index (κ1) is 15.1. The molecule has 1 aliphatic rings. The van der Waals surface area contributed by atoms with Crippen molar-refractivity contribution in [2.45, 2.75) is 26.8 Å². The molecule has 0 spiro atoms. The Balaban J connectivity index is 2.48. The third-order valence-electron chi connectivity index (χ3n) is 3.66. The molecule has 1 unspecified atom stereocenters.